The minimum atomic E-state index is 0.107. The van der Waals surface area contributed by atoms with Crippen molar-refractivity contribution in [2.75, 3.05) is 36.8 Å². The molecule has 2 aromatic heterocycles. The summed E-state index contributed by atoms with van der Waals surface area (Å²) in [5.74, 6) is 2.13. The minimum Gasteiger partial charge on any atom is -0.352 e. The summed E-state index contributed by atoms with van der Waals surface area (Å²) >= 11 is 1.43. The van der Waals surface area contributed by atoms with Gasteiger partial charge in [0.25, 0.3) is 0 Å². The van der Waals surface area contributed by atoms with E-state index in [4.69, 9.17) is 0 Å². The third-order valence-corrected chi connectivity index (χ3v) is 6.66. The lowest BCUT2D eigenvalue weighted by Crippen LogP contribution is -2.49. The Labute approximate surface area is 202 Å². The van der Waals surface area contributed by atoms with Gasteiger partial charge in [0.2, 0.25) is 5.91 Å². The lowest BCUT2D eigenvalue weighted by Gasteiger charge is -2.35. The molecule has 0 saturated carbocycles. The number of piperazine rings is 1. The highest BCUT2D eigenvalue weighted by Gasteiger charge is 2.23. The molecule has 1 amide bonds. The Kier molecular flexibility index (Phi) is 6.81. The predicted octanol–water partition coefficient (Wildman–Crippen LogP) is 3.09. The summed E-state index contributed by atoms with van der Waals surface area (Å²) in [4.78, 5) is 25.5. The summed E-state index contributed by atoms with van der Waals surface area (Å²) in [6.45, 7) is 2.83. The van der Waals surface area contributed by atoms with Gasteiger partial charge < -0.3 is 9.80 Å². The molecule has 0 aliphatic carbocycles. The number of hydrogen-bond donors (Lipinski definition) is 0. The minimum absolute atomic E-state index is 0.107. The maximum atomic E-state index is 13.0. The van der Waals surface area contributed by atoms with Gasteiger partial charge in [0.15, 0.2) is 5.16 Å². The number of carbonyl (C=O) groups is 1. The largest absolute Gasteiger partial charge is 0.352 e. The maximum Gasteiger partial charge on any atom is 0.233 e. The van der Waals surface area contributed by atoms with E-state index in [-0.39, 0.29) is 5.91 Å². The van der Waals surface area contributed by atoms with Crippen LogP contribution in [0.2, 0.25) is 0 Å². The Morgan fingerprint density at radius 3 is 2.32 bits per heavy atom. The highest BCUT2D eigenvalue weighted by molar-refractivity contribution is 7.99. The van der Waals surface area contributed by atoms with Crippen molar-refractivity contribution in [3.05, 3.63) is 90.6 Å². The molecule has 1 saturated heterocycles. The van der Waals surface area contributed by atoms with Crippen LogP contribution in [0.1, 0.15) is 11.4 Å². The van der Waals surface area contributed by atoms with Crippen LogP contribution in [0, 0.1) is 0 Å². The van der Waals surface area contributed by atoms with Crippen LogP contribution in [0.15, 0.2) is 84.4 Å². The molecule has 9 heteroatoms. The number of benzene rings is 2. The molecule has 1 aliphatic rings. The number of nitrogens with zero attached hydrogens (tertiary/aromatic N) is 7. The van der Waals surface area contributed by atoms with Crippen LogP contribution in [-0.2, 0) is 11.2 Å². The van der Waals surface area contributed by atoms with Crippen molar-refractivity contribution in [2.45, 2.75) is 11.6 Å². The van der Waals surface area contributed by atoms with Gasteiger partial charge in [-0.1, -0.05) is 60.3 Å². The van der Waals surface area contributed by atoms with Gasteiger partial charge in [-0.05, 0) is 17.7 Å². The van der Waals surface area contributed by atoms with E-state index in [9.17, 15) is 4.79 Å². The number of carbonyl (C=O) groups excluding carboxylic acids is 1. The molecular weight excluding hydrogens is 446 g/mol. The van der Waals surface area contributed by atoms with E-state index in [2.05, 4.69) is 41.8 Å². The highest BCUT2D eigenvalue weighted by atomic mass is 32.2. The number of anilines is 1. The van der Waals surface area contributed by atoms with Crippen molar-refractivity contribution in [1.82, 2.24) is 29.6 Å². The van der Waals surface area contributed by atoms with Crippen molar-refractivity contribution >= 4 is 23.5 Å². The zero-order chi connectivity index (χ0) is 23.2. The third-order valence-electron chi connectivity index (χ3n) is 5.75. The summed E-state index contributed by atoms with van der Waals surface area (Å²) in [6, 6.07) is 20.3. The molecule has 0 atom stereocenters. The topological polar surface area (TPSA) is 80.0 Å². The van der Waals surface area contributed by atoms with E-state index in [1.165, 1.54) is 17.3 Å². The molecule has 172 valence electrons. The molecule has 34 heavy (non-hydrogen) atoms. The van der Waals surface area contributed by atoms with E-state index in [0.717, 1.165) is 35.6 Å². The van der Waals surface area contributed by atoms with Gasteiger partial charge in [-0.3, -0.25) is 14.3 Å². The number of thioether (sulfide) groups is 1. The lowest BCUT2D eigenvalue weighted by atomic mass is 10.1. The fraction of sp³-hybridized carbons (Fsp3) is 0.240. The second kappa shape index (κ2) is 10.5. The smallest absolute Gasteiger partial charge is 0.233 e. The number of rotatable bonds is 7. The second-order valence-corrected chi connectivity index (χ2v) is 8.89. The average Bonchev–Trinajstić information content (AvgIpc) is 3.31. The molecule has 8 nitrogen and oxygen atoms in total. The zero-order valence-electron chi connectivity index (χ0n) is 18.7. The van der Waals surface area contributed by atoms with Crippen LogP contribution in [0.3, 0.4) is 0 Å². The van der Waals surface area contributed by atoms with Crippen molar-refractivity contribution in [3.63, 3.8) is 0 Å². The third kappa shape index (κ3) is 5.09. The summed E-state index contributed by atoms with van der Waals surface area (Å²) in [7, 11) is 0. The van der Waals surface area contributed by atoms with Gasteiger partial charge in [0, 0.05) is 50.7 Å². The fourth-order valence-electron chi connectivity index (χ4n) is 3.98. The summed E-state index contributed by atoms with van der Waals surface area (Å²) in [5, 5.41) is 9.63. The van der Waals surface area contributed by atoms with E-state index < -0.39 is 0 Å². The lowest BCUT2D eigenvalue weighted by molar-refractivity contribution is -0.128. The molecule has 0 spiro atoms. The molecule has 5 rings (SSSR count). The number of amides is 1. The maximum absolute atomic E-state index is 13.0. The van der Waals surface area contributed by atoms with Crippen LogP contribution >= 0.6 is 11.8 Å². The van der Waals surface area contributed by atoms with Crippen LogP contribution < -0.4 is 4.90 Å². The summed E-state index contributed by atoms with van der Waals surface area (Å²) in [6.07, 6.45) is 5.79. The summed E-state index contributed by atoms with van der Waals surface area (Å²) in [5.41, 5.74) is 2.16. The first-order valence-electron chi connectivity index (χ1n) is 11.2. The standard InChI is InChI=1S/C25H25N7OS/c33-24(31-15-13-30(14-16-31)23-18-26-11-12-27-23)19-34-25-29-28-22(17-20-7-3-1-4-8-20)32(25)21-9-5-2-6-10-21/h1-12,18H,13-17,19H2. The zero-order valence-corrected chi connectivity index (χ0v) is 19.5. The number of para-hydroxylation sites is 1. The Morgan fingerprint density at radius 2 is 1.62 bits per heavy atom. The van der Waals surface area contributed by atoms with Gasteiger partial charge >= 0.3 is 0 Å². The van der Waals surface area contributed by atoms with Gasteiger partial charge in [-0.2, -0.15) is 0 Å². The first-order valence-corrected chi connectivity index (χ1v) is 12.2. The van der Waals surface area contributed by atoms with Crippen LogP contribution in [0.25, 0.3) is 5.69 Å². The predicted molar refractivity (Wildman–Crippen MR) is 132 cm³/mol. The van der Waals surface area contributed by atoms with Crippen molar-refractivity contribution in [1.29, 1.82) is 0 Å². The Hall–Kier alpha value is -3.72. The average molecular weight is 472 g/mol. The molecule has 1 fully saturated rings. The molecule has 0 N–H and O–H groups in total. The normalized spacial score (nSPS) is 13.8. The van der Waals surface area contributed by atoms with E-state index in [1.807, 2.05) is 53.4 Å². The fourth-order valence-corrected chi connectivity index (χ4v) is 4.85. The van der Waals surface area contributed by atoms with Gasteiger partial charge in [-0.15, -0.1) is 10.2 Å². The Balaban J connectivity index is 1.26. The van der Waals surface area contributed by atoms with Gasteiger partial charge in [0.1, 0.15) is 11.6 Å². The number of aromatic nitrogens is 5. The van der Waals surface area contributed by atoms with E-state index in [0.29, 0.717) is 25.3 Å². The molecule has 2 aromatic carbocycles. The Morgan fingerprint density at radius 1 is 0.882 bits per heavy atom. The molecular formula is C25H25N7OS. The van der Waals surface area contributed by atoms with Crippen molar-refractivity contribution in [2.24, 2.45) is 0 Å². The molecule has 0 unspecified atom stereocenters. The quantitative estimate of drug-likeness (QED) is 0.383. The number of hydrogen-bond acceptors (Lipinski definition) is 7. The summed E-state index contributed by atoms with van der Waals surface area (Å²) < 4.78 is 2.05. The van der Waals surface area contributed by atoms with Gasteiger partial charge in [0.05, 0.1) is 11.9 Å². The van der Waals surface area contributed by atoms with E-state index >= 15 is 0 Å². The highest BCUT2D eigenvalue weighted by Crippen LogP contribution is 2.24. The Bertz CT molecular complexity index is 1210. The monoisotopic (exact) mass is 471 g/mol. The molecule has 1 aliphatic heterocycles. The van der Waals surface area contributed by atoms with E-state index in [1.54, 1.807) is 18.6 Å². The molecule has 4 aromatic rings. The van der Waals surface area contributed by atoms with Crippen LogP contribution in [0.4, 0.5) is 5.82 Å². The van der Waals surface area contributed by atoms with Crippen LogP contribution in [0.5, 0.6) is 0 Å². The second-order valence-electron chi connectivity index (χ2n) is 7.95. The SMILES string of the molecule is O=C(CSc1nnc(Cc2ccccc2)n1-c1ccccc1)N1CCN(c2cnccn2)CC1. The first-order chi connectivity index (χ1) is 16.8. The van der Waals surface area contributed by atoms with Crippen LogP contribution in [-0.4, -0.2) is 67.5 Å². The molecule has 0 bridgehead atoms. The molecule has 0 radical (unpaired) electrons. The first kappa shape index (κ1) is 22.1. The molecule has 3 heterocycles. The van der Waals surface area contributed by atoms with Gasteiger partial charge in [-0.25, -0.2) is 4.98 Å². The van der Waals surface area contributed by atoms with Crippen molar-refractivity contribution in [3.8, 4) is 5.69 Å². The van der Waals surface area contributed by atoms with Crippen molar-refractivity contribution < 1.29 is 4.79 Å².